The summed E-state index contributed by atoms with van der Waals surface area (Å²) in [5.41, 5.74) is 4.35. The molecule has 1 aliphatic carbocycles. The predicted octanol–water partition coefficient (Wildman–Crippen LogP) is 3.84. The number of fused-ring (bicyclic) bond motifs is 1. The Morgan fingerprint density at radius 2 is 2.15 bits per heavy atom. The fourth-order valence-electron chi connectivity index (χ4n) is 2.90. The van der Waals surface area contributed by atoms with Gasteiger partial charge in [-0.3, -0.25) is 0 Å². The van der Waals surface area contributed by atoms with Crippen molar-refractivity contribution in [1.82, 2.24) is 4.98 Å². The van der Waals surface area contributed by atoms with Crippen molar-refractivity contribution in [3.05, 3.63) is 57.3 Å². The summed E-state index contributed by atoms with van der Waals surface area (Å²) in [5.74, 6) is 0.197. The molecular weight excluding hydrogens is 318 g/mol. The number of ether oxygens (including phenoxy) is 1. The van der Waals surface area contributed by atoms with Crippen molar-refractivity contribution in [2.45, 2.75) is 25.2 Å². The normalized spacial score (nSPS) is 17.0. The van der Waals surface area contributed by atoms with Crippen LogP contribution in [0.15, 0.2) is 34.8 Å². The third kappa shape index (κ3) is 2.52. The average Bonchev–Trinajstić information content (AvgIpc) is 3.02. The number of aromatic nitrogens is 1. The number of carbonyl (C=O) groups excluding carboxylic acids is 1. The zero-order chi connectivity index (χ0) is 14.1. The first-order valence-electron chi connectivity index (χ1n) is 6.72. The zero-order valence-electron chi connectivity index (χ0n) is 11.3. The Hall–Kier alpha value is -1.55. The molecule has 0 saturated carbocycles. The fourth-order valence-corrected chi connectivity index (χ4v) is 3.16. The van der Waals surface area contributed by atoms with Gasteiger partial charge in [-0.15, -0.1) is 0 Å². The second kappa shape index (κ2) is 5.44. The molecule has 1 aliphatic rings. The van der Waals surface area contributed by atoms with E-state index < -0.39 is 0 Å². The Kier molecular flexibility index (Phi) is 3.66. The van der Waals surface area contributed by atoms with Crippen LogP contribution in [0.5, 0.6) is 0 Å². The van der Waals surface area contributed by atoms with Crippen LogP contribution in [0.1, 0.15) is 39.6 Å². The zero-order valence-corrected chi connectivity index (χ0v) is 12.9. The monoisotopic (exact) mass is 333 g/mol. The van der Waals surface area contributed by atoms with E-state index in [1.54, 1.807) is 0 Å². The largest absolute Gasteiger partial charge is 0.464 e. The summed E-state index contributed by atoms with van der Waals surface area (Å²) in [7, 11) is 1.41. The molecule has 0 spiro atoms. The summed E-state index contributed by atoms with van der Waals surface area (Å²) in [6.45, 7) is 0. The van der Waals surface area contributed by atoms with Crippen LogP contribution in [0, 0.1) is 0 Å². The smallest absolute Gasteiger partial charge is 0.354 e. The number of aryl methyl sites for hydroxylation is 1. The molecule has 0 radical (unpaired) electrons. The van der Waals surface area contributed by atoms with Gasteiger partial charge in [0.2, 0.25) is 0 Å². The van der Waals surface area contributed by atoms with Crippen molar-refractivity contribution >= 4 is 21.9 Å². The molecule has 1 aromatic carbocycles. The Labute approximate surface area is 126 Å². The lowest BCUT2D eigenvalue weighted by atomic mass is 9.95. The summed E-state index contributed by atoms with van der Waals surface area (Å²) in [4.78, 5) is 14.7. The van der Waals surface area contributed by atoms with E-state index in [4.69, 9.17) is 4.74 Å². The number of halogens is 1. The van der Waals surface area contributed by atoms with Gasteiger partial charge in [0.1, 0.15) is 5.69 Å². The Morgan fingerprint density at radius 1 is 1.40 bits per heavy atom. The highest BCUT2D eigenvalue weighted by Gasteiger charge is 2.26. The maximum atomic E-state index is 11.6. The molecule has 0 amide bonds. The molecule has 1 unspecified atom stereocenters. The van der Waals surface area contributed by atoms with E-state index in [2.05, 4.69) is 45.2 Å². The number of esters is 1. The topological polar surface area (TPSA) is 42.1 Å². The van der Waals surface area contributed by atoms with Gasteiger partial charge in [-0.1, -0.05) is 28.1 Å². The quantitative estimate of drug-likeness (QED) is 0.867. The molecule has 0 fully saturated rings. The van der Waals surface area contributed by atoms with Gasteiger partial charge in [0.15, 0.2) is 0 Å². The second-order valence-electron chi connectivity index (χ2n) is 5.17. The summed E-state index contributed by atoms with van der Waals surface area (Å²) < 4.78 is 5.86. The lowest BCUT2D eigenvalue weighted by Gasteiger charge is -2.10. The first kappa shape index (κ1) is 13.4. The van der Waals surface area contributed by atoms with Gasteiger partial charge in [-0.25, -0.2) is 4.79 Å². The molecule has 4 heteroatoms. The molecule has 0 aliphatic heterocycles. The van der Waals surface area contributed by atoms with E-state index in [9.17, 15) is 4.79 Å². The highest BCUT2D eigenvalue weighted by Crippen LogP contribution is 2.36. The highest BCUT2D eigenvalue weighted by atomic mass is 79.9. The number of benzene rings is 1. The van der Waals surface area contributed by atoms with Crippen molar-refractivity contribution in [2.75, 3.05) is 7.11 Å². The van der Waals surface area contributed by atoms with E-state index in [1.165, 1.54) is 23.9 Å². The summed E-state index contributed by atoms with van der Waals surface area (Å²) in [6.07, 6.45) is 3.16. The molecule has 1 N–H and O–H groups in total. The average molecular weight is 334 g/mol. The van der Waals surface area contributed by atoms with Crippen LogP contribution < -0.4 is 0 Å². The van der Waals surface area contributed by atoms with E-state index in [0.717, 1.165) is 23.7 Å². The van der Waals surface area contributed by atoms with Crippen molar-refractivity contribution in [2.24, 2.45) is 0 Å². The molecule has 3 nitrogen and oxygen atoms in total. The number of rotatable bonds is 3. The molecule has 104 valence electrons. The minimum Gasteiger partial charge on any atom is -0.464 e. The molecule has 1 atom stereocenters. The molecule has 1 aromatic heterocycles. The van der Waals surface area contributed by atoms with E-state index in [0.29, 0.717) is 11.6 Å². The number of carbonyl (C=O) groups is 1. The predicted molar refractivity (Wildman–Crippen MR) is 81.0 cm³/mol. The van der Waals surface area contributed by atoms with E-state index in [1.807, 2.05) is 6.07 Å². The van der Waals surface area contributed by atoms with Crippen LogP contribution in [0.2, 0.25) is 0 Å². The minimum atomic E-state index is -0.290. The first-order valence-corrected chi connectivity index (χ1v) is 7.51. The van der Waals surface area contributed by atoms with Gasteiger partial charge in [0.25, 0.3) is 0 Å². The number of hydrogen-bond donors (Lipinski definition) is 1. The third-order valence-corrected chi connectivity index (χ3v) is 4.45. The molecule has 2 aromatic rings. The van der Waals surface area contributed by atoms with Crippen LogP contribution in [0.25, 0.3) is 0 Å². The molecule has 3 rings (SSSR count). The van der Waals surface area contributed by atoms with Gasteiger partial charge >= 0.3 is 5.97 Å². The van der Waals surface area contributed by atoms with Gasteiger partial charge in [0.05, 0.1) is 7.11 Å². The van der Waals surface area contributed by atoms with Gasteiger partial charge < -0.3 is 9.72 Å². The maximum Gasteiger partial charge on any atom is 0.354 e. The van der Waals surface area contributed by atoms with Crippen molar-refractivity contribution in [1.29, 1.82) is 0 Å². The second-order valence-corrected chi connectivity index (χ2v) is 6.09. The lowest BCUT2D eigenvalue weighted by Crippen LogP contribution is -2.02. The number of hydrogen-bond acceptors (Lipinski definition) is 2. The van der Waals surface area contributed by atoms with Crippen molar-refractivity contribution in [3.8, 4) is 0 Å². The summed E-state index contributed by atoms with van der Waals surface area (Å²) in [5, 5.41) is 0. The van der Waals surface area contributed by atoms with E-state index >= 15 is 0 Å². The Balaban J connectivity index is 1.80. The van der Waals surface area contributed by atoms with Crippen LogP contribution in [-0.2, 0) is 17.6 Å². The Bertz CT molecular complexity index is 630. The van der Waals surface area contributed by atoms with Crippen molar-refractivity contribution in [3.63, 3.8) is 0 Å². The fraction of sp³-hybridized carbons (Fsp3) is 0.312. The third-order valence-electron chi connectivity index (χ3n) is 3.92. The van der Waals surface area contributed by atoms with Gasteiger partial charge in [-0.2, -0.15) is 0 Å². The Morgan fingerprint density at radius 3 is 2.85 bits per heavy atom. The number of aromatic amines is 1. The van der Waals surface area contributed by atoms with Gasteiger partial charge in [-0.05, 0) is 54.5 Å². The summed E-state index contributed by atoms with van der Waals surface area (Å²) >= 11 is 3.45. The van der Waals surface area contributed by atoms with Gasteiger partial charge in [0, 0.05) is 10.2 Å². The number of nitrogens with one attached hydrogen (secondary N) is 1. The van der Waals surface area contributed by atoms with Crippen LogP contribution in [-0.4, -0.2) is 18.1 Å². The maximum absolute atomic E-state index is 11.6. The summed E-state index contributed by atoms with van der Waals surface area (Å²) in [6, 6.07) is 10.4. The number of H-pyrrole nitrogens is 1. The SMILES string of the molecule is COC(=O)c1cc2c([nH]1)CCC2Cc1ccc(Br)cc1. The first-order chi connectivity index (χ1) is 9.67. The lowest BCUT2D eigenvalue weighted by molar-refractivity contribution is 0.0594. The molecule has 20 heavy (non-hydrogen) atoms. The van der Waals surface area contributed by atoms with Crippen LogP contribution in [0.4, 0.5) is 0 Å². The molecule has 0 saturated heterocycles. The van der Waals surface area contributed by atoms with E-state index in [-0.39, 0.29) is 5.97 Å². The highest BCUT2D eigenvalue weighted by molar-refractivity contribution is 9.10. The van der Waals surface area contributed by atoms with Crippen molar-refractivity contribution < 1.29 is 9.53 Å². The molecular formula is C16H16BrNO2. The number of methoxy groups -OCH3 is 1. The van der Waals surface area contributed by atoms with Crippen LogP contribution in [0.3, 0.4) is 0 Å². The van der Waals surface area contributed by atoms with Crippen LogP contribution >= 0.6 is 15.9 Å². The standard InChI is InChI=1S/C16H16BrNO2/c1-20-16(19)15-9-13-11(4-7-14(13)18-15)8-10-2-5-12(17)6-3-10/h2-3,5-6,9,11,18H,4,7-8H2,1H3. The minimum absolute atomic E-state index is 0.290. The molecule has 1 heterocycles. The molecule has 0 bridgehead atoms.